The van der Waals surface area contributed by atoms with Crippen molar-refractivity contribution in [2.75, 3.05) is 19.4 Å². The lowest BCUT2D eigenvalue weighted by Gasteiger charge is -2.13. The standard InChI is InChI=1S/C18H19BrN2O2S/c1-21(2)18(23)24-16-10-6-5-9-15(16)20-17(22)12-11-13-7-3-4-8-14(13)19/h3-10H,11-12H2,1-2H3,(H,20,22). The van der Waals surface area contributed by atoms with Gasteiger partial charge in [0.05, 0.1) is 5.69 Å². The van der Waals surface area contributed by atoms with Crippen LogP contribution < -0.4 is 5.32 Å². The van der Waals surface area contributed by atoms with Crippen LogP contribution in [0, 0.1) is 0 Å². The van der Waals surface area contributed by atoms with Crippen molar-refractivity contribution in [2.24, 2.45) is 0 Å². The Morgan fingerprint density at radius 1 is 1.08 bits per heavy atom. The van der Waals surface area contributed by atoms with Gasteiger partial charge >= 0.3 is 0 Å². The highest BCUT2D eigenvalue weighted by Gasteiger charge is 2.12. The number of nitrogens with one attached hydrogen (secondary N) is 1. The molecule has 0 saturated carbocycles. The number of halogens is 1. The van der Waals surface area contributed by atoms with Gasteiger partial charge in [-0.15, -0.1) is 0 Å². The Kier molecular flexibility index (Phi) is 6.87. The molecule has 2 aromatic rings. The minimum absolute atomic E-state index is 0.0731. The average Bonchev–Trinajstić information content (AvgIpc) is 2.55. The van der Waals surface area contributed by atoms with Crippen molar-refractivity contribution < 1.29 is 9.59 Å². The van der Waals surface area contributed by atoms with Gasteiger partial charge in [-0.2, -0.15) is 0 Å². The second-order valence-corrected chi connectivity index (χ2v) is 7.25. The van der Waals surface area contributed by atoms with E-state index in [0.29, 0.717) is 18.5 Å². The molecule has 2 rings (SSSR count). The fraction of sp³-hybridized carbons (Fsp3) is 0.222. The molecule has 0 aliphatic carbocycles. The zero-order valence-electron chi connectivity index (χ0n) is 13.6. The number of rotatable bonds is 5. The zero-order valence-corrected chi connectivity index (χ0v) is 16.0. The van der Waals surface area contributed by atoms with Gasteiger partial charge in [0.2, 0.25) is 5.91 Å². The van der Waals surface area contributed by atoms with Crippen LogP contribution in [0.15, 0.2) is 57.9 Å². The van der Waals surface area contributed by atoms with Crippen LogP contribution in [0.2, 0.25) is 0 Å². The molecule has 0 saturated heterocycles. The Morgan fingerprint density at radius 2 is 1.75 bits per heavy atom. The van der Waals surface area contributed by atoms with E-state index < -0.39 is 0 Å². The molecule has 0 fully saturated rings. The van der Waals surface area contributed by atoms with E-state index in [0.717, 1.165) is 26.7 Å². The molecule has 0 atom stereocenters. The maximum atomic E-state index is 12.2. The Labute approximate surface area is 154 Å². The Bertz CT molecular complexity index is 734. The van der Waals surface area contributed by atoms with E-state index >= 15 is 0 Å². The number of thioether (sulfide) groups is 1. The summed E-state index contributed by atoms with van der Waals surface area (Å²) in [4.78, 5) is 26.4. The largest absolute Gasteiger partial charge is 0.339 e. The minimum atomic E-state index is -0.0788. The number of anilines is 1. The number of para-hydroxylation sites is 1. The summed E-state index contributed by atoms with van der Waals surface area (Å²) >= 11 is 4.59. The molecule has 0 radical (unpaired) electrons. The summed E-state index contributed by atoms with van der Waals surface area (Å²) in [6.45, 7) is 0. The van der Waals surface area contributed by atoms with Crippen LogP contribution in [0.3, 0.4) is 0 Å². The predicted molar refractivity (Wildman–Crippen MR) is 102 cm³/mol. The highest BCUT2D eigenvalue weighted by molar-refractivity contribution is 9.10. The van der Waals surface area contributed by atoms with E-state index in [1.807, 2.05) is 48.5 Å². The van der Waals surface area contributed by atoms with E-state index in [1.165, 1.54) is 4.90 Å². The predicted octanol–water partition coefficient (Wildman–Crippen LogP) is 4.79. The normalized spacial score (nSPS) is 10.3. The van der Waals surface area contributed by atoms with Gasteiger partial charge in [-0.3, -0.25) is 9.59 Å². The lowest BCUT2D eigenvalue weighted by molar-refractivity contribution is -0.116. The molecule has 126 valence electrons. The number of hydrogen-bond acceptors (Lipinski definition) is 3. The maximum Gasteiger partial charge on any atom is 0.286 e. The van der Waals surface area contributed by atoms with E-state index in [9.17, 15) is 9.59 Å². The first kappa shape index (κ1) is 18.5. The molecule has 0 aromatic heterocycles. The van der Waals surface area contributed by atoms with Crippen molar-refractivity contribution in [3.8, 4) is 0 Å². The summed E-state index contributed by atoms with van der Waals surface area (Å²) in [6, 6.07) is 15.2. The number of hydrogen-bond donors (Lipinski definition) is 1. The molecule has 0 aliphatic heterocycles. The van der Waals surface area contributed by atoms with Crippen LogP contribution >= 0.6 is 27.7 Å². The fourth-order valence-corrected chi connectivity index (χ4v) is 3.24. The smallest absolute Gasteiger partial charge is 0.286 e. The Morgan fingerprint density at radius 3 is 2.46 bits per heavy atom. The van der Waals surface area contributed by atoms with E-state index in [1.54, 1.807) is 14.1 Å². The molecular weight excluding hydrogens is 388 g/mol. The minimum Gasteiger partial charge on any atom is -0.339 e. The van der Waals surface area contributed by atoms with Gasteiger partial charge in [0.15, 0.2) is 0 Å². The van der Waals surface area contributed by atoms with Gasteiger partial charge < -0.3 is 10.2 Å². The average molecular weight is 407 g/mol. The zero-order chi connectivity index (χ0) is 17.5. The lowest BCUT2D eigenvalue weighted by atomic mass is 10.1. The van der Waals surface area contributed by atoms with E-state index in [4.69, 9.17) is 0 Å². The van der Waals surface area contributed by atoms with Crippen molar-refractivity contribution in [2.45, 2.75) is 17.7 Å². The number of carbonyl (C=O) groups excluding carboxylic acids is 2. The molecule has 0 bridgehead atoms. The Hall–Kier alpha value is -1.79. The summed E-state index contributed by atoms with van der Waals surface area (Å²) in [7, 11) is 3.41. The summed E-state index contributed by atoms with van der Waals surface area (Å²) < 4.78 is 1.00. The topological polar surface area (TPSA) is 49.4 Å². The van der Waals surface area contributed by atoms with Crippen LogP contribution in [-0.4, -0.2) is 30.1 Å². The molecule has 2 aromatic carbocycles. The number of nitrogens with zero attached hydrogens (tertiary/aromatic N) is 1. The third kappa shape index (κ3) is 5.39. The van der Waals surface area contributed by atoms with Gasteiger partial charge in [-0.25, -0.2) is 0 Å². The van der Waals surface area contributed by atoms with Gasteiger partial charge in [0.25, 0.3) is 5.24 Å². The molecule has 2 amide bonds. The third-order valence-electron chi connectivity index (χ3n) is 3.30. The SMILES string of the molecule is CN(C)C(=O)Sc1ccccc1NC(=O)CCc1ccccc1Br. The second kappa shape index (κ2) is 8.89. The first-order chi connectivity index (χ1) is 11.5. The summed E-state index contributed by atoms with van der Waals surface area (Å²) in [6.07, 6.45) is 1.03. The van der Waals surface area contributed by atoms with Crippen molar-refractivity contribution in [1.29, 1.82) is 0 Å². The van der Waals surface area contributed by atoms with Crippen molar-refractivity contribution >= 4 is 44.5 Å². The monoisotopic (exact) mass is 406 g/mol. The van der Waals surface area contributed by atoms with Crippen LogP contribution in [0.4, 0.5) is 10.5 Å². The summed E-state index contributed by atoms with van der Waals surface area (Å²) in [5.41, 5.74) is 1.76. The number of carbonyl (C=O) groups is 2. The van der Waals surface area contributed by atoms with Crippen molar-refractivity contribution in [3.05, 3.63) is 58.6 Å². The van der Waals surface area contributed by atoms with Gasteiger partial charge in [-0.05, 0) is 41.9 Å². The van der Waals surface area contributed by atoms with Crippen LogP contribution in [0.5, 0.6) is 0 Å². The van der Waals surface area contributed by atoms with Crippen LogP contribution in [-0.2, 0) is 11.2 Å². The highest BCUT2D eigenvalue weighted by atomic mass is 79.9. The van der Waals surface area contributed by atoms with Crippen LogP contribution in [0.1, 0.15) is 12.0 Å². The van der Waals surface area contributed by atoms with Gasteiger partial charge in [0.1, 0.15) is 0 Å². The quantitative estimate of drug-likeness (QED) is 0.725. The second-order valence-electron chi connectivity index (χ2n) is 5.40. The summed E-state index contributed by atoms with van der Waals surface area (Å²) in [5, 5.41) is 2.82. The van der Waals surface area contributed by atoms with Gasteiger partial charge in [0, 0.05) is 29.9 Å². The van der Waals surface area contributed by atoms with Crippen LogP contribution in [0.25, 0.3) is 0 Å². The molecule has 0 aliphatic rings. The summed E-state index contributed by atoms with van der Waals surface area (Å²) in [5.74, 6) is -0.0731. The van der Waals surface area contributed by atoms with E-state index in [-0.39, 0.29) is 11.1 Å². The van der Waals surface area contributed by atoms with Gasteiger partial charge in [-0.1, -0.05) is 46.3 Å². The number of aryl methyl sites for hydroxylation is 1. The molecule has 0 heterocycles. The molecule has 4 nitrogen and oxygen atoms in total. The first-order valence-corrected chi connectivity index (χ1v) is 9.09. The van der Waals surface area contributed by atoms with Crippen molar-refractivity contribution in [1.82, 2.24) is 4.90 Å². The third-order valence-corrected chi connectivity index (χ3v) is 5.19. The maximum absolute atomic E-state index is 12.2. The Balaban J connectivity index is 1.99. The molecule has 1 N–H and O–H groups in total. The number of benzene rings is 2. The van der Waals surface area contributed by atoms with E-state index in [2.05, 4.69) is 21.2 Å². The lowest BCUT2D eigenvalue weighted by Crippen LogP contribution is -2.17. The molecule has 24 heavy (non-hydrogen) atoms. The fourth-order valence-electron chi connectivity index (χ4n) is 2.01. The molecule has 6 heteroatoms. The molecule has 0 unspecified atom stereocenters. The molecular formula is C18H19BrN2O2S. The molecule has 0 spiro atoms. The first-order valence-electron chi connectivity index (χ1n) is 7.49. The van der Waals surface area contributed by atoms with Crippen molar-refractivity contribution in [3.63, 3.8) is 0 Å². The highest BCUT2D eigenvalue weighted by Crippen LogP contribution is 2.28. The number of amides is 2.